The molecule has 0 bridgehead atoms. The maximum Gasteiger partial charge on any atom is 0.149 e. The van der Waals surface area contributed by atoms with E-state index in [4.69, 9.17) is 11.6 Å². The third-order valence-electron chi connectivity index (χ3n) is 3.07. The fraction of sp³-hybridized carbons (Fsp3) is 0.267. The van der Waals surface area contributed by atoms with Crippen LogP contribution < -0.4 is 5.32 Å². The molecule has 1 aromatic carbocycles. The fourth-order valence-electron chi connectivity index (χ4n) is 2.04. The number of sulfone groups is 1. The van der Waals surface area contributed by atoms with Crippen LogP contribution in [0.15, 0.2) is 48.8 Å². The Kier molecular flexibility index (Phi) is 5.33. The molecule has 1 atom stereocenters. The van der Waals surface area contributed by atoms with E-state index >= 15 is 0 Å². The number of hydrogen-bond donors (Lipinski definition) is 1. The number of hydrogen-bond acceptors (Lipinski definition) is 4. The number of halogens is 1. The number of pyridine rings is 1. The van der Waals surface area contributed by atoms with Crippen LogP contribution in [-0.4, -0.2) is 25.4 Å². The molecule has 0 saturated heterocycles. The lowest BCUT2D eigenvalue weighted by atomic mass is 10.1. The minimum absolute atomic E-state index is 0.0414. The number of nitrogens with zero attached hydrogens (tertiary/aromatic N) is 1. The van der Waals surface area contributed by atoms with Crippen LogP contribution in [0, 0.1) is 0 Å². The molecule has 112 valence electrons. The molecule has 2 rings (SSSR count). The van der Waals surface area contributed by atoms with Gasteiger partial charge in [0.1, 0.15) is 9.84 Å². The smallest absolute Gasteiger partial charge is 0.149 e. The van der Waals surface area contributed by atoms with E-state index in [0.717, 1.165) is 11.1 Å². The summed E-state index contributed by atoms with van der Waals surface area (Å²) in [7, 11) is -3.09. The highest BCUT2D eigenvalue weighted by molar-refractivity contribution is 7.90. The van der Waals surface area contributed by atoms with Gasteiger partial charge in [0.2, 0.25) is 0 Å². The van der Waals surface area contributed by atoms with Crippen LogP contribution in [0.25, 0.3) is 0 Å². The van der Waals surface area contributed by atoms with Gasteiger partial charge in [-0.3, -0.25) is 4.98 Å². The molecule has 1 N–H and O–H groups in total. The SMILES string of the molecule is CS(=O)(=O)CC(NCc1ccncc1Cl)c1ccccc1. The molecule has 0 aliphatic rings. The second-order valence-corrected chi connectivity index (χ2v) is 7.50. The van der Waals surface area contributed by atoms with E-state index in [0.29, 0.717) is 11.6 Å². The van der Waals surface area contributed by atoms with Crippen molar-refractivity contribution in [3.8, 4) is 0 Å². The topological polar surface area (TPSA) is 59.1 Å². The highest BCUT2D eigenvalue weighted by Gasteiger charge is 2.17. The molecule has 0 aliphatic heterocycles. The summed E-state index contributed by atoms with van der Waals surface area (Å²) in [5.41, 5.74) is 1.83. The van der Waals surface area contributed by atoms with Crippen LogP contribution >= 0.6 is 11.6 Å². The van der Waals surface area contributed by atoms with Gasteiger partial charge in [-0.25, -0.2) is 8.42 Å². The van der Waals surface area contributed by atoms with Gasteiger partial charge in [0, 0.05) is 31.2 Å². The zero-order valence-electron chi connectivity index (χ0n) is 11.7. The van der Waals surface area contributed by atoms with Crippen LogP contribution in [0.2, 0.25) is 5.02 Å². The summed E-state index contributed by atoms with van der Waals surface area (Å²) in [6.07, 6.45) is 4.48. The molecule has 0 aliphatic carbocycles. The number of benzene rings is 1. The summed E-state index contributed by atoms with van der Waals surface area (Å²) >= 11 is 6.07. The van der Waals surface area contributed by atoms with Gasteiger partial charge in [0.15, 0.2) is 0 Å². The summed E-state index contributed by atoms with van der Waals surface area (Å²) < 4.78 is 23.2. The standard InChI is InChI=1S/C15H17ClN2O2S/c1-21(19,20)11-15(12-5-3-2-4-6-12)18-9-13-7-8-17-10-14(13)16/h2-8,10,15,18H,9,11H2,1H3. The van der Waals surface area contributed by atoms with Crippen molar-refractivity contribution in [3.63, 3.8) is 0 Å². The van der Waals surface area contributed by atoms with E-state index in [1.165, 1.54) is 6.26 Å². The summed E-state index contributed by atoms with van der Waals surface area (Å²) in [5.74, 6) is 0.0414. The quantitative estimate of drug-likeness (QED) is 0.887. The van der Waals surface area contributed by atoms with Crippen molar-refractivity contribution in [3.05, 3.63) is 64.9 Å². The summed E-state index contributed by atoms with van der Waals surface area (Å²) in [6.45, 7) is 0.483. The molecule has 0 saturated carbocycles. The van der Waals surface area contributed by atoms with Gasteiger partial charge in [-0.1, -0.05) is 41.9 Å². The largest absolute Gasteiger partial charge is 0.305 e. The monoisotopic (exact) mass is 324 g/mol. The van der Waals surface area contributed by atoms with Crippen LogP contribution in [0.4, 0.5) is 0 Å². The van der Waals surface area contributed by atoms with Crippen LogP contribution in [0.1, 0.15) is 17.2 Å². The molecule has 1 aromatic heterocycles. The second-order valence-electron chi connectivity index (χ2n) is 4.90. The Bertz CT molecular complexity index is 690. The van der Waals surface area contributed by atoms with Crippen molar-refractivity contribution < 1.29 is 8.42 Å². The number of aromatic nitrogens is 1. The Morgan fingerprint density at radius 3 is 2.57 bits per heavy atom. The lowest BCUT2D eigenvalue weighted by molar-refractivity contribution is 0.551. The summed E-state index contributed by atoms with van der Waals surface area (Å²) in [5, 5.41) is 3.82. The Morgan fingerprint density at radius 1 is 1.24 bits per heavy atom. The second kappa shape index (κ2) is 7.02. The predicted octanol–water partition coefficient (Wildman–Crippen LogP) is 2.61. The van der Waals surface area contributed by atoms with Crippen LogP contribution in [0.3, 0.4) is 0 Å². The molecule has 6 heteroatoms. The first-order valence-corrected chi connectivity index (χ1v) is 8.94. The van der Waals surface area contributed by atoms with E-state index < -0.39 is 9.84 Å². The van der Waals surface area contributed by atoms with Crippen molar-refractivity contribution in [2.45, 2.75) is 12.6 Å². The lowest BCUT2D eigenvalue weighted by Gasteiger charge is -2.18. The third kappa shape index (κ3) is 5.12. The normalized spacial score (nSPS) is 13.0. The van der Waals surface area contributed by atoms with Crippen molar-refractivity contribution in [2.75, 3.05) is 12.0 Å². The lowest BCUT2D eigenvalue weighted by Crippen LogP contribution is -2.27. The van der Waals surface area contributed by atoms with Gasteiger partial charge in [-0.05, 0) is 17.2 Å². The summed E-state index contributed by atoms with van der Waals surface area (Å²) in [6, 6.07) is 11.1. The molecule has 0 fully saturated rings. The maximum absolute atomic E-state index is 11.6. The Labute approximate surface area is 130 Å². The molecular weight excluding hydrogens is 308 g/mol. The molecule has 21 heavy (non-hydrogen) atoms. The van der Waals surface area contributed by atoms with Crippen LogP contribution in [0.5, 0.6) is 0 Å². The van der Waals surface area contributed by atoms with Crippen LogP contribution in [-0.2, 0) is 16.4 Å². The van der Waals surface area contributed by atoms with Gasteiger partial charge < -0.3 is 5.32 Å². The minimum atomic E-state index is -3.09. The average molecular weight is 325 g/mol. The highest BCUT2D eigenvalue weighted by Crippen LogP contribution is 2.18. The molecule has 4 nitrogen and oxygen atoms in total. The van der Waals surface area contributed by atoms with Gasteiger partial charge in [0.25, 0.3) is 0 Å². The Morgan fingerprint density at radius 2 is 1.95 bits per heavy atom. The zero-order chi connectivity index (χ0) is 15.3. The molecule has 1 heterocycles. The van der Waals surface area contributed by atoms with E-state index in [2.05, 4.69) is 10.3 Å². The Hall–Kier alpha value is -1.43. The molecule has 0 radical (unpaired) electrons. The molecular formula is C15H17ClN2O2S. The molecule has 0 spiro atoms. The first kappa shape index (κ1) is 15.9. The third-order valence-corrected chi connectivity index (χ3v) is 4.35. The van der Waals surface area contributed by atoms with Gasteiger partial charge in [-0.15, -0.1) is 0 Å². The maximum atomic E-state index is 11.6. The zero-order valence-corrected chi connectivity index (χ0v) is 13.2. The highest BCUT2D eigenvalue weighted by atomic mass is 35.5. The first-order chi connectivity index (χ1) is 9.96. The van der Waals surface area contributed by atoms with E-state index in [1.807, 2.05) is 36.4 Å². The van der Waals surface area contributed by atoms with Gasteiger partial charge in [-0.2, -0.15) is 0 Å². The molecule has 1 unspecified atom stereocenters. The Balaban J connectivity index is 2.15. The first-order valence-electron chi connectivity index (χ1n) is 6.50. The number of nitrogens with one attached hydrogen (secondary N) is 1. The molecule has 2 aromatic rings. The van der Waals surface area contributed by atoms with Crippen molar-refractivity contribution in [1.29, 1.82) is 0 Å². The fourth-order valence-corrected chi connectivity index (χ4v) is 3.14. The van der Waals surface area contributed by atoms with Crippen molar-refractivity contribution >= 4 is 21.4 Å². The average Bonchev–Trinajstić information content (AvgIpc) is 2.45. The van der Waals surface area contributed by atoms with E-state index in [1.54, 1.807) is 12.4 Å². The van der Waals surface area contributed by atoms with E-state index in [9.17, 15) is 8.42 Å². The molecule has 0 amide bonds. The van der Waals surface area contributed by atoms with Crippen molar-refractivity contribution in [1.82, 2.24) is 10.3 Å². The number of rotatable bonds is 6. The van der Waals surface area contributed by atoms with Crippen molar-refractivity contribution in [2.24, 2.45) is 0 Å². The van der Waals surface area contributed by atoms with E-state index in [-0.39, 0.29) is 11.8 Å². The van der Waals surface area contributed by atoms with Gasteiger partial charge in [0.05, 0.1) is 10.8 Å². The summed E-state index contributed by atoms with van der Waals surface area (Å²) in [4.78, 5) is 3.93. The minimum Gasteiger partial charge on any atom is -0.305 e. The van der Waals surface area contributed by atoms with Gasteiger partial charge >= 0.3 is 0 Å². The predicted molar refractivity (Wildman–Crippen MR) is 85.0 cm³/mol.